The predicted octanol–water partition coefficient (Wildman–Crippen LogP) is 3.98. The molecule has 3 aromatic rings. The predicted molar refractivity (Wildman–Crippen MR) is 100 cm³/mol. The van der Waals surface area contributed by atoms with E-state index in [9.17, 15) is 4.79 Å². The molecule has 2 atom stereocenters. The van der Waals surface area contributed by atoms with Crippen molar-refractivity contribution in [3.8, 4) is 11.5 Å². The molecule has 1 fully saturated rings. The molecule has 0 spiro atoms. The molecule has 1 aliphatic carbocycles. The third-order valence-corrected chi connectivity index (χ3v) is 4.79. The molecule has 0 radical (unpaired) electrons. The molecule has 1 heterocycles. The van der Waals surface area contributed by atoms with Gasteiger partial charge in [0, 0.05) is 31.9 Å². The number of anilines is 1. The lowest BCUT2D eigenvalue weighted by Crippen LogP contribution is -2.28. The summed E-state index contributed by atoms with van der Waals surface area (Å²) in [5.74, 6) is 2.03. The van der Waals surface area contributed by atoms with Crippen LogP contribution in [0.25, 0.3) is 0 Å². The third-order valence-electron chi connectivity index (χ3n) is 4.79. The van der Waals surface area contributed by atoms with Gasteiger partial charge < -0.3 is 9.64 Å². The molecule has 0 N–H and O–H groups in total. The second-order valence-corrected chi connectivity index (χ2v) is 6.70. The van der Waals surface area contributed by atoms with E-state index in [4.69, 9.17) is 4.74 Å². The lowest BCUT2D eigenvalue weighted by molar-refractivity contribution is -0.119. The zero-order valence-electron chi connectivity index (χ0n) is 14.9. The molecule has 132 valence electrons. The fourth-order valence-electron chi connectivity index (χ4n) is 3.21. The molecule has 0 saturated heterocycles. The summed E-state index contributed by atoms with van der Waals surface area (Å²) in [6, 6.07) is 17.2. The molecule has 0 aliphatic heterocycles. The highest BCUT2D eigenvalue weighted by Crippen LogP contribution is 2.48. The average molecular weight is 347 g/mol. The first-order valence-electron chi connectivity index (χ1n) is 8.71. The number of para-hydroxylation sites is 1. The molecule has 1 saturated carbocycles. The minimum atomic E-state index is 0.0458. The largest absolute Gasteiger partial charge is 0.457 e. The first kappa shape index (κ1) is 16.4. The normalized spacial score (nSPS) is 18.4. The molecule has 1 amide bonds. The van der Waals surface area contributed by atoms with Crippen molar-refractivity contribution in [3.63, 3.8) is 0 Å². The lowest BCUT2D eigenvalue weighted by atomic mass is 10.2. The Hall–Kier alpha value is -3.08. The SMILES string of the molecule is CN(C(=O)[C@H]1C[C@H]1c1cnn(C)c1)c1ccc(Oc2ccccc2)cc1. The van der Waals surface area contributed by atoms with Crippen molar-refractivity contribution in [3.05, 3.63) is 72.6 Å². The average Bonchev–Trinajstić information content (AvgIpc) is 3.35. The van der Waals surface area contributed by atoms with E-state index >= 15 is 0 Å². The highest BCUT2D eigenvalue weighted by molar-refractivity contribution is 5.97. The summed E-state index contributed by atoms with van der Waals surface area (Å²) in [5.41, 5.74) is 2.01. The molecule has 1 aromatic heterocycles. The molecule has 0 bridgehead atoms. The van der Waals surface area contributed by atoms with E-state index < -0.39 is 0 Å². The molecule has 0 unspecified atom stereocenters. The van der Waals surface area contributed by atoms with Crippen LogP contribution in [0.3, 0.4) is 0 Å². The van der Waals surface area contributed by atoms with Gasteiger partial charge in [0.05, 0.1) is 6.20 Å². The van der Waals surface area contributed by atoms with Gasteiger partial charge in [-0.15, -0.1) is 0 Å². The van der Waals surface area contributed by atoms with E-state index in [1.807, 2.05) is 81.1 Å². The number of ether oxygens (including phenoxy) is 1. The third kappa shape index (κ3) is 3.33. The minimum absolute atomic E-state index is 0.0458. The number of benzene rings is 2. The number of carbonyl (C=O) groups is 1. The molecule has 1 aliphatic rings. The fraction of sp³-hybridized carbons (Fsp3) is 0.238. The van der Waals surface area contributed by atoms with E-state index in [0.717, 1.165) is 29.2 Å². The maximum atomic E-state index is 12.7. The van der Waals surface area contributed by atoms with Gasteiger partial charge >= 0.3 is 0 Å². The molecular formula is C21H21N3O2. The summed E-state index contributed by atoms with van der Waals surface area (Å²) >= 11 is 0. The smallest absolute Gasteiger partial charge is 0.230 e. The maximum Gasteiger partial charge on any atom is 0.230 e. The van der Waals surface area contributed by atoms with Crippen LogP contribution in [0.5, 0.6) is 11.5 Å². The van der Waals surface area contributed by atoms with Crippen LogP contribution in [-0.4, -0.2) is 22.7 Å². The standard InChI is InChI=1S/C21H21N3O2/c1-23-14-15(13-22-23)19-12-20(19)21(25)24(2)16-8-10-18(11-9-16)26-17-6-4-3-5-7-17/h3-11,13-14,19-20H,12H2,1-2H3/t19-,20-/m0/s1. The Morgan fingerprint density at radius 3 is 2.46 bits per heavy atom. The van der Waals surface area contributed by atoms with E-state index in [2.05, 4.69) is 5.10 Å². The van der Waals surface area contributed by atoms with Crippen molar-refractivity contribution < 1.29 is 9.53 Å². The zero-order valence-corrected chi connectivity index (χ0v) is 14.9. The number of amides is 1. The van der Waals surface area contributed by atoms with Crippen LogP contribution < -0.4 is 9.64 Å². The minimum Gasteiger partial charge on any atom is -0.457 e. The maximum absolute atomic E-state index is 12.7. The topological polar surface area (TPSA) is 47.4 Å². The second kappa shape index (κ2) is 6.67. The number of nitrogens with zero attached hydrogens (tertiary/aromatic N) is 3. The Morgan fingerprint density at radius 2 is 1.81 bits per heavy atom. The van der Waals surface area contributed by atoms with Gasteiger partial charge in [-0.3, -0.25) is 9.48 Å². The van der Waals surface area contributed by atoms with E-state index in [1.165, 1.54) is 0 Å². The highest BCUT2D eigenvalue weighted by atomic mass is 16.5. The quantitative estimate of drug-likeness (QED) is 0.701. The van der Waals surface area contributed by atoms with Gasteiger partial charge in [-0.1, -0.05) is 18.2 Å². The van der Waals surface area contributed by atoms with Crippen LogP contribution >= 0.6 is 0 Å². The van der Waals surface area contributed by atoms with Gasteiger partial charge in [-0.25, -0.2) is 0 Å². The Labute approximate surface area is 152 Å². The van der Waals surface area contributed by atoms with Crippen molar-refractivity contribution in [2.45, 2.75) is 12.3 Å². The fourth-order valence-corrected chi connectivity index (χ4v) is 3.21. The lowest BCUT2D eigenvalue weighted by Gasteiger charge is -2.18. The van der Waals surface area contributed by atoms with Crippen molar-refractivity contribution in [1.29, 1.82) is 0 Å². The summed E-state index contributed by atoms with van der Waals surface area (Å²) in [7, 11) is 3.72. The van der Waals surface area contributed by atoms with Crippen LogP contribution in [0.15, 0.2) is 67.0 Å². The number of aromatic nitrogens is 2. The Kier molecular flexibility index (Phi) is 4.21. The molecule has 5 nitrogen and oxygen atoms in total. The van der Waals surface area contributed by atoms with Crippen LogP contribution in [0.1, 0.15) is 17.9 Å². The van der Waals surface area contributed by atoms with Crippen molar-refractivity contribution in [2.75, 3.05) is 11.9 Å². The number of hydrogen-bond donors (Lipinski definition) is 0. The van der Waals surface area contributed by atoms with E-state index in [0.29, 0.717) is 5.92 Å². The zero-order chi connectivity index (χ0) is 18.1. The van der Waals surface area contributed by atoms with E-state index in [-0.39, 0.29) is 11.8 Å². The molecule has 2 aromatic carbocycles. The van der Waals surface area contributed by atoms with Gasteiger partial charge in [-0.2, -0.15) is 5.10 Å². The number of rotatable bonds is 5. The first-order valence-corrected chi connectivity index (χ1v) is 8.71. The van der Waals surface area contributed by atoms with Crippen LogP contribution in [0, 0.1) is 5.92 Å². The molecule has 4 rings (SSSR count). The van der Waals surface area contributed by atoms with Crippen molar-refractivity contribution >= 4 is 11.6 Å². The van der Waals surface area contributed by atoms with Gasteiger partial charge in [0.1, 0.15) is 11.5 Å². The first-order chi connectivity index (χ1) is 12.6. The highest BCUT2D eigenvalue weighted by Gasteiger charge is 2.46. The Morgan fingerprint density at radius 1 is 1.12 bits per heavy atom. The summed E-state index contributed by atoms with van der Waals surface area (Å²) in [6.45, 7) is 0. The molecule has 26 heavy (non-hydrogen) atoms. The van der Waals surface area contributed by atoms with Gasteiger partial charge in [0.2, 0.25) is 5.91 Å². The Balaban J connectivity index is 1.40. The monoisotopic (exact) mass is 347 g/mol. The second-order valence-electron chi connectivity index (χ2n) is 6.70. The van der Waals surface area contributed by atoms with Crippen molar-refractivity contribution in [2.24, 2.45) is 13.0 Å². The molecular weight excluding hydrogens is 326 g/mol. The summed E-state index contributed by atoms with van der Waals surface area (Å²) < 4.78 is 7.58. The van der Waals surface area contributed by atoms with Crippen molar-refractivity contribution in [1.82, 2.24) is 9.78 Å². The number of carbonyl (C=O) groups excluding carboxylic acids is 1. The van der Waals surface area contributed by atoms with Crippen LogP contribution in [-0.2, 0) is 11.8 Å². The summed E-state index contributed by atoms with van der Waals surface area (Å²) in [4.78, 5) is 14.5. The van der Waals surface area contributed by atoms with E-state index in [1.54, 1.807) is 9.58 Å². The summed E-state index contributed by atoms with van der Waals surface area (Å²) in [6.07, 6.45) is 4.74. The number of aryl methyl sites for hydroxylation is 1. The van der Waals surface area contributed by atoms with Gasteiger partial charge in [0.15, 0.2) is 0 Å². The van der Waals surface area contributed by atoms with Crippen LogP contribution in [0.4, 0.5) is 5.69 Å². The van der Waals surface area contributed by atoms with Crippen LogP contribution in [0.2, 0.25) is 0 Å². The van der Waals surface area contributed by atoms with Gasteiger partial charge in [0.25, 0.3) is 0 Å². The Bertz CT molecular complexity index is 903. The summed E-state index contributed by atoms with van der Waals surface area (Å²) in [5, 5.41) is 4.20. The number of hydrogen-bond acceptors (Lipinski definition) is 3. The van der Waals surface area contributed by atoms with Gasteiger partial charge in [-0.05, 0) is 54.3 Å². The molecule has 5 heteroatoms.